The summed E-state index contributed by atoms with van der Waals surface area (Å²) in [7, 11) is 1.50. The molecule has 5 heteroatoms. The summed E-state index contributed by atoms with van der Waals surface area (Å²) in [4.78, 5) is 34.4. The highest BCUT2D eigenvalue weighted by atomic mass is 16.6. The highest BCUT2D eigenvalue weighted by Crippen LogP contribution is 2.18. The quantitative estimate of drug-likeness (QED) is 0.482. The number of hydrogen-bond acceptors (Lipinski definition) is 5. The molecular formula is C17H14O5. The zero-order chi connectivity index (χ0) is 15.9. The van der Waals surface area contributed by atoms with Gasteiger partial charge in [-0.25, -0.2) is 4.79 Å². The van der Waals surface area contributed by atoms with E-state index in [1.807, 2.05) is 0 Å². The lowest BCUT2D eigenvalue weighted by molar-refractivity contribution is -0.137. The summed E-state index contributed by atoms with van der Waals surface area (Å²) in [6.07, 6.45) is 0.538. The Morgan fingerprint density at radius 1 is 1.09 bits per heavy atom. The number of ether oxygens (including phenoxy) is 2. The third-order valence-corrected chi connectivity index (χ3v) is 2.99. The Kier molecular flexibility index (Phi) is 5.03. The topological polar surface area (TPSA) is 69.7 Å². The van der Waals surface area contributed by atoms with E-state index in [0.717, 1.165) is 0 Å². The maximum absolute atomic E-state index is 11.9. The van der Waals surface area contributed by atoms with Crippen LogP contribution in [0.3, 0.4) is 0 Å². The number of carbonyl (C=O) groups is 3. The molecule has 22 heavy (non-hydrogen) atoms. The molecule has 2 aromatic rings. The first-order valence-electron chi connectivity index (χ1n) is 6.56. The van der Waals surface area contributed by atoms with Crippen LogP contribution in [0.5, 0.6) is 5.75 Å². The van der Waals surface area contributed by atoms with Gasteiger partial charge in [-0.1, -0.05) is 30.3 Å². The molecular weight excluding hydrogens is 284 g/mol. The van der Waals surface area contributed by atoms with Gasteiger partial charge in [-0.15, -0.1) is 0 Å². The summed E-state index contributed by atoms with van der Waals surface area (Å²) in [5.41, 5.74) is 1.12. The van der Waals surface area contributed by atoms with Crippen LogP contribution in [-0.4, -0.2) is 25.3 Å². The number of esters is 2. The zero-order valence-electron chi connectivity index (χ0n) is 11.9. The van der Waals surface area contributed by atoms with Crippen LogP contribution in [0.15, 0.2) is 48.5 Å². The van der Waals surface area contributed by atoms with Crippen molar-refractivity contribution in [3.63, 3.8) is 0 Å². The van der Waals surface area contributed by atoms with Gasteiger partial charge in [0.15, 0.2) is 0 Å². The summed E-state index contributed by atoms with van der Waals surface area (Å²) < 4.78 is 9.92. The SMILES string of the molecule is COc1ccccc1CC(=O)OC(=O)c1cccc(C=O)c1. The Bertz CT molecular complexity index is 706. The van der Waals surface area contributed by atoms with E-state index in [0.29, 0.717) is 23.2 Å². The fourth-order valence-corrected chi connectivity index (χ4v) is 1.94. The van der Waals surface area contributed by atoms with Gasteiger partial charge >= 0.3 is 11.9 Å². The molecule has 0 unspecified atom stereocenters. The number of para-hydroxylation sites is 1. The van der Waals surface area contributed by atoms with E-state index in [9.17, 15) is 14.4 Å². The standard InChI is InChI=1S/C17H14O5/c1-21-15-8-3-2-6-13(15)10-16(19)22-17(20)14-7-4-5-12(9-14)11-18/h2-9,11H,10H2,1H3. The van der Waals surface area contributed by atoms with Gasteiger partial charge in [0.25, 0.3) is 0 Å². The molecule has 0 aliphatic heterocycles. The molecule has 2 aromatic carbocycles. The first-order valence-corrected chi connectivity index (χ1v) is 6.56. The Balaban J connectivity index is 2.05. The third kappa shape index (κ3) is 3.79. The number of benzene rings is 2. The molecule has 0 fully saturated rings. The lowest BCUT2D eigenvalue weighted by atomic mass is 10.1. The van der Waals surface area contributed by atoms with Gasteiger partial charge in [-0.05, 0) is 18.2 Å². The normalized spacial score (nSPS) is 9.86. The predicted octanol–water partition coefficient (Wildman–Crippen LogP) is 2.43. The fraction of sp³-hybridized carbons (Fsp3) is 0.118. The number of hydrogen-bond donors (Lipinski definition) is 0. The highest BCUT2D eigenvalue weighted by molar-refractivity contribution is 5.98. The molecule has 112 valence electrons. The van der Waals surface area contributed by atoms with Crippen molar-refractivity contribution in [2.24, 2.45) is 0 Å². The van der Waals surface area contributed by atoms with Gasteiger partial charge in [-0.2, -0.15) is 0 Å². The largest absolute Gasteiger partial charge is 0.496 e. The van der Waals surface area contributed by atoms with Crippen LogP contribution in [0.4, 0.5) is 0 Å². The van der Waals surface area contributed by atoms with Crippen molar-refractivity contribution in [1.82, 2.24) is 0 Å². The van der Waals surface area contributed by atoms with E-state index in [4.69, 9.17) is 9.47 Å². The van der Waals surface area contributed by atoms with Crippen LogP contribution < -0.4 is 4.74 Å². The highest BCUT2D eigenvalue weighted by Gasteiger charge is 2.15. The third-order valence-electron chi connectivity index (χ3n) is 2.99. The van der Waals surface area contributed by atoms with Gasteiger partial charge in [0.1, 0.15) is 12.0 Å². The first-order chi connectivity index (χ1) is 10.6. The zero-order valence-corrected chi connectivity index (χ0v) is 11.9. The van der Waals surface area contributed by atoms with E-state index in [1.165, 1.54) is 19.2 Å². The summed E-state index contributed by atoms with van der Waals surface area (Å²) in [6, 6.07) is 12.9. The summed E-state index contributed by atoms with van der Waals surface area (Å²) in [5.74, 6) is -0.926. The number of methoxy groups -OCH3 is 1. The summed E-state index contributed by atoms with van der Waals surface area (Å²) >= 11 is 0. The van der Waals surface area contributed by atoms with Crippen LogP contribution in [-0.2, 0) is 16.0 Å². The number of aldehydes is 1. The van der Waals surface area contributed by atoms with Crippen LogP contribution in [0.2, 0.25) is 0 Å². The molecule has 0 N–H and O–H groups in total. The minimum absolute atomic E-state index is 0.0802. The average Bonchev–Trinajstić information content (AvgIpc) is 2.55. The van der Waals surface area contributed by atoms with Crippen LogP contribution in [0, 0.1) is 0 Å². The van der Waals surface area contributed by atoms with Crippen LogP contribution in [0.25, 0.3) is 0 Å². The molecule has 0 radical (unpaired) electrons. The van der Waals surface area contributed by atoms with Crippen molar-refractivity contribution >= 4 is 18.2 Å². The summed E-state index contributed by atoms with van der Waals surface area (Å²) in [5, 5.41) is 0. The average molecular weight is 298 g/mol. The molecule has 2 rings (SSSR count). The Morgan fingerprint density at radius 3 is 2.59 bits per heavy atom. The van der Waals surface area contributed by atoms with Crippen molar-refractivity contribution in [2.45, 2.75) is 6.42 Å². The van der Waals surface area contributed by atoms with E-state index in [-0.39, 0.29) is 12.0 Å². The van der Waals surface area contributed by atoms with Gasteiger partial charge in [0.05, 0.1) is 19.1 Å². The molecule has 0 atom stereocenters. The monoisotopic (exact) mass is 298 g/mol. The van der Waals surface area contributed by atoms with Gasteiger partial charge < -0.3 is 9.47 Å². The maximum Gasteiger partial charge on any atom is 0.345 e. The van der Waals surface area contributed by atoms with E-state index < -0.39 is 11.9 Å². The van der Waals surface area contributed by atoms with Gasteiger partial charge in [0, 0.05) is 11.1 Å². The van der Waals surface area contributed by atoms with Crippen LogP contribution in [0.1, 0.15) is 26.3 Å². The Hall–Kier alpha value is -2.95. The van der Waals surface area contributed by atoms with Crippen molar-refractivity contribution in [3.05, 3.63) is 65.2 Å². The molecule has 0 aliphatic rings. The van der Waals surface area contributed by atoms with Gasteiger partial charge in [0.2, 0.25) is 0 Å². The summed E-state index contributed by atoms with van der Waals surface area (Å²) in [6.45, 7) is 0. The minimum atomic E-state index is -0.788. The molecule has 0 saturated heterocycles. The smallest absolute Gasteiger partial charge is 0.345 e. The van der Waals surface area contributed by atoms with E-state index in [1.54, 1.807) is 36.4 Å². The van der Waals surface area contributed by atoms with Gasteiger partial charge in [-0.3, -0.25) is 9.59 Å². The Labute approximate surface area is 127 Å². The molecule has 0 bridgehead atoms. The van der Waals surface area contributed by atoms with E-state index in [2.05, 4.69) is 0 Å². The number of carbonyl (C=O) groups excluding carboxylic acids is 3. The Morgan fingerprint density at radius 2 is 1.86 bits per heavy atom. The molecule has 0 spiro atoms. The second kappa shape index (κ2) is 7.17. The van der Waals surface area contributed by atoms with Crippen molar-refractivity contribution in [1.29, 1.82) is 0 Å². The number of rotatable bonds is 5. The van der Waals surface area contributed by atoms with Crippen molar-refractivity contribution in [3.8, 4) is 5.75 Å². The predicted molar refractivity (Wildman–Crippen MR) is 79.0 cm³/mol. The molecule has 0 aliphatic carbocycles. The second-order valence-corrected chi connectivity index (χ2v) is 4.49. The van der Waals surface area contributed by atoms with Crippen LogP contribution >= 0.6 is 0 Å². The van der Waals surface area contributed by atoms with E-state index >= 15 is 0 Å². The fourth-order valence-electron chi connectivity index (χ4n) is 1.94. The first kappa shape index (κ1) is 15.4. The minimum Gasteiger partial charge on any atom is -0.496 e. The molecule has 0 heterocycles. The van der Waals surface area contributed by atoms with Crippen molar-refractivity contribution in [2.75, 3.05) is 7.11 Å². The lowest BCUT2D eigenvalue weighted by Gasteiger charge is -2.07. The van der Waals surface area contributed by atoms with Crippen molar-refractivity contribution < 1.29 is 23.9 Å². The molecule has 0 saturated carbocycles. The second-order valence-electron chi connectivity index (χ2n) is 4.49. The molecule has 0 amide bonds. The molecule has 0 aromatic heterocycles. The molecule has 5 nitrogen and oxygen atoms in total. The lowest BCUT2D eigenvalue weighted by Crippen LogP contribution is -2.15. The maximum atomic E-state index is 11.9.